The number of benzene rings is 1. The molecule has 128 valence electrons. The van der Waals surface area contributed by atoms with Gasteiger partial charge in [-0.3, -0.25) is 9.79 Å². The van der Waals surface area contributed by atoms with E-state index in [4.69, 9.17) is 11.6 Å². The van der Waals surface area contributed by atoms with E-state index in [1.807, 2.05) is 0 Å². The highest BCUT2D eigenvalue weighted by atomic mass is 35.5. The lowest BCUT2D eigenvalue weighted by Crippen LogP contribution is -2.25. The second kappa shape index (κ2) is 5.93. The Bertz CT molecular complexity index is 836. The van der Waals surface area contributed by atoms with Crippen LogP contribution >= 0.6 is 23.4 Å². The highest BCUT2D eigenvalue weighted by Crippen LogP contribution is 2.35. The number of nitrogens with zero attached hydrogens (tertiary/aromatic N) is 1. The van der Waals surface area contributed by atoms with Crippen LogP contribution in [0.4, 0.5) is 5.69 Å². The molecule has 9 heteroatoms. The van der Waals surface area contributed by atoms with Gasteiger partial charge in [-0.1, -0.05) is 23.4 Å². The molecule has 2 N–H and O–H groups in total. The minimum atomic E-state index is -2.97. The number of fused-ring (bicyclic) bond motifs is 1. The molecule has 1 saturated carbocycles. The number of rotatable bonds is 3. The van der Waals surface area contributed by atoms with Gasteiger partial charge in [0.2, 0.25) is 0 Å². The SMILES string of the molecule is O=C(NC1CC1)c1ccc(Cl)c(NC2=N[C@H]3CS(=O)(=O)C[C@@H]3S2)c1. The van der Waals surface area contributed by atoms with Crippen LogP contribution < -0.4 is 10.6 Å². The summed E-state index contributed by atoms with van der Waals surface area (Å²) < 4.78 is 23.2. The summed E-state index contributed by atoms with van der Waals surface area (Å²) in [6.45, 7) is 0. The van der Waals surface area contributed by atoms with Crippen LogP contribution in [0, 0.1) is 0 Å². The second-order valence-electron chi connectivity index (χ2n) is 6.30. The minimum absolute atomic E-state index is 0.0300. The first-order valence-electron chi connectivity index (χ1n) is 7.72. The molecule has 2 fully saturated rings. The largest absolute Gasteiger partial charge is 0.349 e. The Kier molecular flexibility index (Phi) is 4.01. The van der Waals surface area contributed by atoms with Crippen molar-refractivity contribution < 1.29 is 13.2 Å². The molecular formula is C15H16ClN3O3S2. The Morgan fingerprint density at radius 3 is 2.79 bits per heavy atom. The van der Waals surface area contributed by atoms with E-state index < -0.39 is 9.84 Å². The smallest absolute Gasteiger partial charge is 0.251 e. The predicted octanol–water partition coefficient (Wildman–Crippen LogP) is 1.91. The average Bonchev–Trinajstić information content (AvgIpc) is 3.16. The van der Waals surface area contributed by atoms with Gasteiger partial charge in [-0.2, -0.15) is 0 Å². The highest BCUT2D eigenvalue weighted by Gasteiger charge is 2.42. The number of carbonyl (C=O) groups is 1. The number of carbonyl (C=O) groups excluding carboxylic acids is 1. The maximum atomic E-state index is 12.1. The molecule has 24 heavy (non-hydrogen) atoms. The van der Waals surface area contributed by atoms with Gasteiger partial charge >= 0.3 is 0 Å². The van der Waals surface area contributed by atoms with Gasteiger partial charge < -0.3 is 10.6 Å². The van der Waals surface area contributed by atoms with Crippen LogP contribution in [0.3, 0.4) is 0 Å². The van der Waals surface area contributed by atoms with Crippen LogP contribution in [0.5, 0.6) is 0 Å². The number of sulfone groups is 1. The van der Waals surface area contributed by atoms with Crippen LogP contribution in [0.25, 0.3) is 0 Å². The zero-order valence-electron chi connectivity index (χ0n) is 12.7. The number of halogens is 1. The summed E-state index contributed by atoms with van der Waals surface area (Å²) >= 11 is 7.63. The van der Waals surface area contributed by atoms with E-state index in [9.17, 15) is 13.2 Å². The van der Waals surface area contributed by atoms with E-state index in [0.717, 1.165) is 12.8 Å². The highest BCUT2D eigenvalue weighted by molar-refractivity contribution is 8.15. The van der Waals surface area contributed by atoms with Crippen molar-refractivity contribution >= 4 is 50.0 Å². The van der Waals surface area contributed by atoms with Crippen molar-refractivity contribution in [2.24, 2.45) is 4.99 Å². The molecule has 2 atom stereocenters. The zero-order chi connectivity index (χ0) is 16.9. The van der Waals surface area contributed by atoms with Crippen LogP contribution in [0.2, 0.25) is 5.02 Å². The van der Waals surface area contributed by atoms with Gasteiger partial charge in [0.15, 0.2) is 15.0 Å². The Morgan fingerprint density at radius 1 is 1.29 bits per heavy atom. The summed E-state index contributed by atoms with van der Waals surface area (Å²) in [5.74, 6) is 0.156. The molecular weight excluding hydrogens is 370 g/mol. The topological polar surface area (TPSA) is 87.6 Å². The van der Waals surface area contributed by atoms with Gasteiger partial charge in [-0.05, 0) is 31.0 Å². The van der Waals surface area contributed by atoms with Crippen molar-refractivity contribution in [1.29, 1.82) is 0 Å². The summed E-state index contributed by atoms with van der Waals surface area (Å²) in [6, 6.07) is 5.17. The third-order valence-corrected chi connectivity index (χ3v) is 7.67. The fourth-order valence-corrected chi connectivity index (χ4v) is 6.62. The van der Waals surface area contributed by atoms with Gasteiger partial charge in [-0.15, -0.1) is 0 Å². The van der Waals surface area contributed by atoms with E-state index in [0.29, 0.717) is 27.5 Å². The number of thioether (sulfide) groups is 1. The van der Waals surface area contributed by atoms with E-state index in [1.54, 1.807) is 18.2 Å². The number of aliphatic imine (C=N–C) groups is 1. The van der Waals surface area contributed by atoms with Crippen molar-refractivity contribution in [3.05, 3.63) is 28.8 Å². The first-order chi connectivity index (χ1) is 11.4. The predicted molar refractivity (Wildman–Crippen MR) is 96.8 cm³/mol. The van der Waals surface area contributed by atoms with Crippen molar-refractivity contribution in [2.75, 3.05) is 16.8 Å². The molecule has 2 heterocycles. The van der Waals surface area contributed by atoms with E-state index in [-0.39, 0.29) is 28.7 Å². The normalized spacial score (nSPS) is 27.5. The number of anilines is 1. The summed E-state index contributed by atoms with van der Waals surface area (Å²) in [4.78, 5) is 16.6. The maximum Gasteiger partial charge on any atom is 0.251 e. The monoisotopic (exact) mass is 385 g/mol. The molecule has 2 aliphatic heterocycles. The average molecular weight is 386 g/mol. The first kappa shape index (κ1) is 16.2. The number of nitrogens with one attached hydrogen (secondary N) is 2. The lowest BCUT2D eigenvalue weighted by Gasteiger charge is -2.11. The van der Waals surface area contributed by atoms with Crippen molar-refractivity contribution in [3.63, 3.8) is 0 Å². The number of hydrogen-bond acceptors (Lipinski definition) is 6. The van der Waals surface area contributed by atoms with Crippen molar-refractivity contribution in [3.8, 4) is 0 Å². The quantitative estimate of drug-likeness (QED) is 0.829. The molecule has 1 aromatic carbocycles. The Balaban J connectivity index is 1.49. The molecule has 4 rings (SSSR count). The number of amidine groups is 1. The first-order valence-corrected chi connectivity index (χ1v) is 10.8. The van der Waals surface area contributed by atoms with Gasteiger partial charge in [0, 0.05) is 16.9 Å². The molecule has 0 radical (unpaired) electrons. The fraction of sp³-hybridized carbons (Fsp3) is 0.467. The zero-order valence-corrected chi connectivity index (χ0v) is 15.0. The van der Waals surface area contributed by atoms with Crippen molar-refractivity contribution in [2.45, 2.75) is 30.2 Å². The van der Waals surface area contributed by atoms with Gasteiger partial charge in [0.05, 0.1) is 28.3 Å². The number of amides is 1. The molecule has 1 aromatic rings. The second-order valence-corrected chi connectivity index (χ2v) is 10.1. The number of hydrogen-bond donors (Lipinski definition) is 2. The Labute approximate surface area is 149 Å². The Hall–Kier alpha value is -1.25. The van der Waals surface area contributed by atoms with Crippen LogP contribution in [-0.4, -0.2) is 48.3 Å². The maximum absolute atomic E-state index is 12.1. The van der Waals surface area contributed by atoms with Crippen LogP contribution in [0.15, 0.2) is 23.2 Å². The summed E-state index contributed by atoms with van der Waals surface area (Å²) in [6.07, 6.45) is 2.06. The van der Waals surface area contributed by atoms with Gasteiger partial charge in [-0.25, -0.2) is 8.42 Å². The summed E-state index contributed by atoms with van der Waals surface area (Å²) in [5.41, 5.74) is 1.15. The van der Waals surface area contributed by atoms with Crippen LogP contribution in [-0.2, 0) is 9.84 Å². The lowest BCUT2D eigenvalue weighted by atomic mass is 10.2. The lowest BCUT2D eigenvalue weighted by molar-refractivity contribution is 0.0951. The standard InChI is InChI=1S/C15H16ClN3O3S2/c16-10-4-1-8(14(20)17-9-2-3-9)5-11(10)18-15-19-12-6-24(21,22)7-13(12)23-15/h1,4-5,9,12-13H,2-3,6-7H2,(H,17,20)(H,18,19)/t12-,13-/m0/s1. The molecule has 1 amide bonds. The third kappa shape index (κ3) is 3.41. The third-order valence-electron chi connectivity index (χ3n) is 4.20. The molecule has 0 aromatic heterocycles. The van der Waals surface area contributed by atoms with Crippen LogP contribution in [0.1, 0.15) is 23.2 Å². The van der Waals surface area contributed by atoms with E-state index >= 15 is 0 Å². The molecule has 0 bridgehead atoms. The molecule has 1 saturated heterocycles. The van der Waals surface area contributed by atoms with Gasteiger partial charge in [0.25, 0.3) is 5.91 Å². The van der Waals surface area contributed by atoms with E-state index in [1.165, 1.54) is 11.8 Å². The van der Waals surface area contributed by atoms with E-state index in [2.05, 4.69) is 15.6 Å². The molecule has 6 nitrogen and oxygen atoms in total. The molecule has 0 unspecified atom stereocenters. The Morgan fingerprint density at radius 2 is 2.08 bits per heavy atom. The summed E-state index contributed by atoms with van der Waals surface area (Å²) in [7, 11) is -2.97. The molecule has 0 spiro atoms. The van der Waals surface area contributed by atoms with Gasteiger partial charge in [0.1, 0.15) is 0 Å². The fourth-order valence-electron chi connectivity index (χ4n) is 2.79. The molecule has 1 aliphatic carbocycles. The minimum Gasteiger partial charge on any atom is -0.349 e. The summed E-state index contributed by atoms with van der Waals surface area (Å²) in [5, 5.41) is 7.19. The molecule has 3 aliphatic rings. The van der Waals surface area contributed by atoms with Crippen molar-refractivity contribution in [1.82, 2.24) is 5.32 Å².